The summed E-state index contributed by atoms with van der Waals surface area (Å²) in [4.78, 5) is 30.7. The van der Waals surface area contributed by atoms with Gasteiger partial charge in [-0.25, -0.2) is 9.78 Å². The number of hydrogen-bond acceptors (Lipinski definition) is 5. The van der Waals surface area contributed by atoms with Crippen LogP contribution < -0.4 is 20.3 Å². The second-order valence-electron chi connectivity index (χ2n) is 6.19. The number of nitrogens with zero attached hydrogens (tertiary/aromatic N) is 2. The molecule has 3 amide bonds. The molecule has 8 heteroatoms. The summed E-state index contributed by atoms with van der Waals surface area (Å²) in [5.41, 5.74) is 1.60. The molecule has 1 aliphatic heterocycles. The van der Waals surface area contributed by atoms with Gasteiger partial charge in [-0.1, -0.05) is 29.5 Å². The first kappa shape index (κ1) is 17.3. The highest BCUT2D eigenvalue weighted by molar-refractivity contribution is 7.22. The lowest BCUT2D eigenvalue weighted by Gasteiger charge is -2.18. The third-order valence-corrected chi connectivity index (χ3v) is 5.29. The van der Waals surface area contributed by atoms with Gasteiger partial charge in [0.2, 0.25) is 5.91 Å². The second kappa shape index (κ2) is 7.24. The molecule has 1 atom stereocenters. The molecule has 1 saturated heterocycles. The summed E-state index contributed by atoms with van der Waals surface area (Å²) in [5, 5.41) is 6.14. The first-order chi connectivity index (χ1) is 13.1. The highest BCUT2D eigenvalue weighted by Gasteiger charge is 2.31. The first-order valence-electron chi connectivity index (χ1n) is 8.50. The minimum atomic E-state index is -0.362. The van der Waals surface area contributed by atoms with Crippen molar-refractivity contribution in [3.05, 3.63) is 48.5 Å². The highest BCUT2D eigenvalue weighted by Crippen LogP contribution is 2.27. The van der Waals surface area contributed by atoms with Gasteiger partial charge in [-0.2, -0.15) is 0 Å². The van der Waals surface area contributed by atoms with E-state index in [1.165, 1.54) is 11.3 Å². The number of para-hydroxylation sites is 1. The Morgan fingerprint density at radius 3 is 2.93 bits per heavy atom. The molecule has 0 bridgehead atoms. The fourth-order valence-electron chi connectivity index (χ4n) is 3.08. The molecular weight excluding hydrogens is 364 g/mol. The number of carbonyl (C=O) groups excluding carboxylic acids is 2. The minimum Gasteiger partial charge on any atom is -0.497 e. The number of aromatic nitrogens is 1. The van der Waals surface area contributed by atoms with E-state index in [0.717, 1.165) is 15.9 Å². The van der Waals surface area contributed by atoms with Gasteiger partial charge in [0.05, 0.1) is 23.4 Å². The van der Waals surface area contributed by atoms with E-state index in [-0.39, 0.29) is 24.4 Å². The maximum atomic E-state index is 12.3. The lowest BCUT2D eigenvalue weighted by atomic mass is 10.2. The number of thiazole rings is 1. The number of benzene rings is 2. The van der Waals surface area contributed by atoms with Crippen LogP contribution in [0.1, 0.15) is 6.42 Å². The Bertz CT molecular complexity index is 970. The average Bonchev–Trinajstić information content (AvgIpc) is 3.24. The van der Waals surface area contributed by atoms with Gasteiger partial charge < -0.3 is 15.0 Å². The van der Waals surface area contributed by atoms with E-state index in [9.17, 15) is 9.59 Å². The summed E-state index contributed by atoms with van der Waals surface area (Å²) in [5.74, 6) is 0.652. The van der Waals surface area contributed by atoms with Crippen molar-refractivity contribution in [2.45, 2.75) is 12.5 Å². The SMILES string of the molecule is COc1cccc(N2CC(NC(=O)Nc3nc4ccccc4s3)CC2=O)c1. The number of urea groups is 1. The summed E-state index contributed by atoms with van der Waals surface area (Å²) in [6.07, 6.45) is 0.254. The second-order valence-corrected chi connectivity index (χ2v) is 7.22. The van der Waals surface area contributed by atoms with Gasteiger partial charge >= 0.3 is 6.03 Å². The van der Waals surface area contributed by atoms with Crippen molar-refractivity contribution in [2.75, 3.05) is 23.9 Å². The van der Waals surface area contributed by atoms with E-state index in [2.05, 4.69) is 15.6 Å². The number of ether oxygens (including phenoxy) is 1. The van der Waals surface area contributed by atoms with Gasteiger partial charge in [0.1, 0.15) is 5.75 Å². The van der Waals surface area contributed by atoms with E-state index in [0.29, 0.717) is 17.4 Å². The molecule has 2 aromatic carbocycles. The van der Waals surface area contributed by atoms with Crippen molar-refractivity contribution >= 4 is 44.3 Å². The maximum Gasteiger partial charge on any atom is 0.321 e. The van der Waals surface area contributed by atoms with Gasteiger partial charge in [0.25, 0.3) is 0 Å². The molecule has 0 radical (unpaired) electrons. The van der Waals surface area contributed by atoms with Gasteiger partial charge in [-0.15, -0.1) is 0 Å². The average molecular weight is 382 g/mol. The Morgan fingerprint density at radius 2 is 2.11 bits per heavy atom. The molecule has 27 heavy (non-hydrogen) atoms. The van der Waals surface area contributed by atoms with Crippen LogP contribution in [0.25, 0.3) is 10.2 Å². The van der Waals surface area contributed by atoms with Crippen LogP contribution in [0.15, 0.2) is 48.5 Å². The van der Waals surface area contributed by atoms with Crippen LogP contribution in [0.2, 0.25) is 0 Å². The van der Waals surface area contributed by atoms with Crippen LogP contribution in [0.5, 0.6) is 5.75 Å². The van der Waals surface area contributed by atoms with Crippen LogP contribution in [-0.4, -0.2) is 36.6 Å². The van der Waals surface area contributed by atoms with Gasteiger partial charge in [-0.05, 0) is 24.3 Å². The molecule has 0 spiro atoms. The fraction of sp³-hybridized carbons (Fsp3) is 0.211. The van der Waals surface area contributed by atoms with Crippen molar-refractivity contribution < 1.29 is 14.3 Å². The van der Waals surface area contributed by atoms with Gasteiger partial charge in [0, 0.05) is 24.7 Å². The fourth-order valence-corrected chi connectivity index (χ4v) is 3.94. The topological polar surface area (TPSA) is 83.6 Å². The summed E-state index contributed by atoms with van der Waals surface area (Å²) in [7, 11) is 1.58. The molecule has 2 N–H and O–H groups in total. The summed E-state index contributed by atoms with van der Waals surface area (Å²) < 4.78 is 6.22. The predicted molar refractivity (Wildman–Crippen MR) is 106 cm³/mol. The van der Waals surface area contributed by atoms with Crippen LogP contribution in [0.4, 0.5) is 15.6 Å². The normalized spacial score (nSPS) is 16.6. The Balaban J connectivity index is 1.39. The quantitative estimate of drug-likeness (QED) is 0.726. The van der Waals surface area contributed by atoms with E-state index < -0.39 is 0 Å². The molecule has 2 heterocycles. The number of nitrogens with one attached hydrogen (secondary N) is 2. The van der Waals surface area contributed by atoms with E-state index in [1.54, 1.807) is 12.0 Å². The molecule has 0 aliphatic carbocycles. The third-order valence-electron chi connectivity index (χ3n) is 4.34. The molecule has 138 valence electrons. The third kappa shape index (κ3) is 3.70. The Morgan fingerprint density at radius 1 is 1.26 bits per heavy atom. The number of hydrogen-bond donors (Lipinski definition) is 2. The van der Waals surface area contributed by atoms with Crippen LogP contribution >= 0.6 is 11.3 Å². The minimum absolute atomic E-state index is 0.0338. The highest BCUT2D eigenvalue weighted by atomic mass is 32.1. The number of amides is 3. The molecular formula is C19H18N4O3S. The van der Waals surface area contributed by atoms with Crippen LogP contribution in [-0.2, 0) is 4.79 Å². The summed E-state index contributed by atoms with van der Waals surface area (Å²) in [6.45, 7) is 0.416. The smallest absolute Gasteiger partial charge is 0.321 e. The van der Waals surface area contributed by atoms with E-state index in [4.69, 9.17) is 4.74 Å². The Hall–Kier alpha value is -3.13. The lowest BCUT2D eigenvalue weighted by Crippen LogP contribution is -2.39. The van der Waals surface area contributed by atoms with E-state index in [1.807, 2.05) is 48.5 Å². The van der Waals surface area contributed by atoms with Crippen LogP contribution in [0.3, 0.4) is 0 Å². The number of rotatable bonds is 4. The predicted octanol–water partition coefficient (Wildman–Crippen LogP) is 3.23. The summed E-state index contributed by atoms with van der Waals surface area (Å²) in [6, 6.07) is 14.4. The number of methoxy groups -OCH3 is 1. The number of carbonyl (C=O) groups is 2. The van der Waals surface area contributed by atoms with E-state index >= 15 is 0 Å². The van der Waals surface area contributed by atoms with Crippen molar-refractivity contribution in [2.24, 2.45) is 0 Å². The molecule has 1 fully saturated rings. The zero-order valence-electron chi connectivity index (χ0n) is 14.6. The number of fused-ring (bicyclic) bond motifs is 1. The molecule has 4 rings (SSSR count). The number of anilines is 2. The largest absolute Gasteiger partial charge is 0.497 e. The molecule has 0 saturated carbocycles. The molecule has 1 unspecified atom stereocenters. The maximum absolute atomic E-state index is 12.3. The standard InChI is InChI=1S/C19H18N4O3S/c1-26-14-6-4-5-13(10-14)23-11-12(9-17(23)24)20-18(25)22-19-21-15-7-2-3-8-16(15)27-19/h2-8,10,12H,9,11H2,1H3,(H2,20,21,22,25). The first-order valence-corrected chi connectivity index (χ1v) is 9.31. The summed E-state index contributed by atoms with van der Waals surface area (Å²) >= 11 is 1.41. The van der Waals surface area contributed by atoms with Crippen molar-refractivity contribution in [1.82, 2.24) is 10.3 Å². The molecule has 3 aromatic rings. The van der Waals surface area contributed by atoms with Gasteiger partial charge in [0.15, 0.2) is 5.13 Å². The van der Waals surface area contributed by atoms with Gasteiger partial charge in [-0.3, -0.25) is 10.1 Å². The van der Waals surface area contributed by atoms with Crippen molar-refractivity contribution in [3.8, 4) is 5.75 Å². The molecule has 7 nitrogen and oxygen atoms in total. The van der Waals surface area contributed by atoms with Crippen molar-refractivity contribution in [1.29, 1.82) is 0 Å². The molecule has 1 aromatic heterocycles. The monoisotopic (exact) mass is 382 g/mol. The zero-order chi connectivity index (χ0) is 18.8. The molecule has 1 aliphatic rings. The van der Waals surface area contributed by atoms with Crippen molar-refractivity contribution in [3.63, 3.8) is 0 Å². The van der Waals surface area contributed by atoms with Crippen LogP contribution in [0, 0.1) is 0 Å². The Kier molecular flexibility index (Phi) is 4.64. The zero-order valence-corrected chi connectivity index (χ0v) is 15.5. The Labute approximate surface area is 160 Å². The lowest BCUT2D eigenvalue weighted by molar-refractivity contribution is -0.117.